The van der Waals surface area contributed by atoms with Crippen LogP contribution in [-0.4, -0.2) is 43.3 Å². The summed E-state index contributed by atoms with van der Waals surface area (Å²) >= 11 is 1.86. The predicted octanol–water partition coefficient (Wildman–Crippen LogP) is 0.994. The van der Waals surface area contributed by atoms with E-state index < -0.39 is 0 Å². The maximum atomic E-state index is 11.3. The highest BCUT2D eigenvalue weighted by Gasteiger charge is 2.34. The molecule has 1 aliphatic rings. The van der Waals surface area contributed by atoms with Crippen molar-refractivity contribution in [2.75, 3.05) is 31.7 Å². The lowest BCUT2D eigenvalue weighted by molar-refractivity contribution is 0.0158. The van der Waals surface area contributed by atoms with E-state index in [1.165, 1.54) is 0 Å². The van der Waals surface area contributed by atoms with E-state index in [9.17, 15) is 4.79 Å². The van der Waals surface area contributed by atoms with Gasteiger partial charge in [0.25, 0.3) is 0 Å². The number of carbonyl (C=O) groups is 1. The SMILES string of the molecule is C=CCNC(=O)NCC1(OC)CCSC1. The minimum Gasteiger partial charge on any atom is -0.376 e. The monoisotopic (exact) mass is 230 g/mol. The van der Waals surface area contributed by atoms with Crippen molar-refractivity contribution in [2.45, 2.75) is 12.0 Å². The Balaban J connectivity index is 2.27. The number of hydrogen-bond donors (Lipinski definition) is 2. The standard InChI is InChI=1S/C10H18N2O2S/c1-3-5-11-9(13)12-7-10(14-2)4-6-15-8-10/h3H,1,4-8H2,2H3,(H2,11,12,13). The first kappa shape index (κ1) is 12.4. The van der Waals surface area contributed by atoms with E-state index in [-0.39, 0.29) is 11.6 Å². The van der Waals surface area contributed by atoms with Gasteiger partial charge in [0.2, 0.25) is 0 Å². The molecule has 0 spiro atoms. The van der Waals surface area contributed by atoms with Gasteiger partial charge in [-0.05, 0) is 12.2 Å². The summed E-state index contributed by atoms with van der Waals surface area (Å²) in [5.41, 5.74) is -0.170. The summed E-state index contributed by atoms with van der Waals surface area (Å²) in [6.45, 7) is 4.59. The molecule has 0 radical (unpaired) electrons. The molecule has 2 amide bonds. The number of hydrogen-bond acceptors (Lipinski definition) is 3. The van der Waals surface area contributed by atoms with E-state index in [2.05, 4.69) is 17.2 Å². The molecule has 2 N–H and O–H groups in total. The van der Waals surface area contributed by atoms with Crippen LogP contribution in [0, 0.1) is 0 Å². The van der Waals surface area contributed by atoms with E-state index in [1.807, 2.05) is 11.8 Å². The lowest BCUT2D eigenvalue weighted by Gasteiger charge is -2.26. The first-order valence-corrected chi connectivity index (χ1v) is 6.13. The first-order chi connectivity index (χ1) is 7.22. The van der Waals surface area contributed by atoms with Crippen LogP contribution in [0.2, 0.25) is 0 Å². The van der Waals surface area contributed by atoms with Gasteiger partial charge in [-0.25, -0.2) is 4.79 Å². The lowest BCUT2D eigenvalue weighted by Crippen LogP contribution is -2.47. The average Bonchev–Trinajstić information content (AvgIpc) is 2.73. The third-order valence-electron chi connectivity index (χ3n) is 2.48. The van der Waals surface area contributed by atoms with Crippen molar-refractivity contribution >= 4 is 17.8 Å². The highest BCUT2D eigenvalue weighted by Crippen LogP contribution is 2.30. The smallest absolute Gasteiger partial charge is 0.315 e. The summed E-state index contributed by atoms with van der Waals surface area (Å²) in [7, 11) is 1.70. The number of thioether (sulfide) groups is 1. The van der Waals surface area contributed by atoms with E-state index in [1.54, 1.807) is 13.2 Å². The molecule has 1 unspecified atom stereocenters. The molecule has 1 heterocycles. The highest BCUT2D eigenvalue weighted by atomic mass is 32.2. The van der Waals surface area contributed by atoms with Gasteiger partial charge in [0, 0.05) is 26.0 Å². The quantitative estimate of drug-likeness (QED) is 0.693. The lowest BCUT2D eigenvalue weighted by atomic mass is 10.0. The van der Waals surface area contributed by atoms with E-state index in [0.29, 0.717) is 13.1 Å². The second kappa shape index (κ2) is 6.02. The molecular weight excluding hydrogens is 212 g/mol. The van der Waals surface area contributed by atoms with Crippen LogP contribution in [0.1, 0.15) is 6.42 Å². The fourth-order valence-corrected chi connectivity index (χ4v) is 2.83. The summed E-state index contributed by atoms with van der Waals surface area (Å²) in [6, 6.07) is -0.164. The number of ether oxygens (including phenoxy) is 1. The Morgan fingerprint density at radius 3 is 3.00 bits per heavy atom. The van der Waals surface area contributed by atoms with Gasteiger partial charge in [-0.1, -0.05) is 6.08 Å². The molecule has 1 fully saturated rings. The van der Waals surface area contributed by atoms with Crippen molar-refractivity contribution in [3.05, 3.63) is 12.7 Å². The van der Waals surface area contributed by atoms with Gasteiger partial charge in [-0.3, -0.25) is 0 Å². The minimum absolute atomic E-state index is 0.164. The van der Waals surface area contributed by atoms with Crippen molar-refractivity contribution in [1.29, 1.82) is 0 Å². The molecule has 0 bridgehead atoms. The number of methoxy groups -OCH3 is 1. The van der Waals surface area contributed by atoms with Crippen LogP contribution >= 0.6 is 11.8 Å². The van der Waals surface area contributed by atoms with E-state index >= 15 is 0 Å². The molecule has 0 aromatic rings. The van der Waals surface area contributed by atoms with Gasteiger partial charge in [0.05, 0.1) is 5.60 Å². The molecule has 0 aromatic carbocycles. The number of amides is 2. The third kappa shape index (κ3) is 3.76. The van der Waals surface area contributed by atoms with Gasteiger partial charge in [0.1, 0.15) is 0 Å². The zero-order valence-corrected chi connectivity index (χ0v) is 9.86. The fraction of sp³-hybridized carbons (Fsp3) is 0.700. The summed E-state index contributed by atoms with van der Waals surface area (Å²) < 4.78 is 5.47. The number of nitrogens with one attached hydrogen (secondary N) is 2. The predicted molar refractivity (Wildman–Crippen MR) is 63.3 cm³/mol. The maximum absolute atomic E-state index is 11.3. The van der Waals surface area contributed by atoms with Gasteiger partial charge in [-0.15, -0.1) is 6.58 Å². The van der Waals surface area contributed by atoms with Gasteiger partial charge in [-0.2, -0.15) is 11.8 Å². The van der Waals surface area contributed by atoms with Crippen molar-refractivity contribution in [2.24, 2.45) is 0 Å². The maximum Gasteiger partial charge on any atom is 0.315 e. The molecule has 4 nitrogen and oxygen atoms in total. The van der Waals surface area contributed by atoms with E-state index in [4.69, 9.17) is 4.74 Å². The van der Waals surface area contributed by atoms with Crippen molar-refractivity contribution in [1.82, 2.24) is 10.6 Å². The Labute approximate surface area is 94.8 Å². The Bertz CT molecular complexity index is 227. The summed E-state index contributed by atoms with van der Waals surface area (Å²) in [5, 5.41) is 5.48. The van der Waals surface area contributed by atoms with Crippen LogP contribution in [0.5, 0.6) is 0 Å². The molecule has 1 saturated heterocycles. The molecule has 0 aliphatic carbocycles. The van der Waals surface area contributed by atoms with Crippen molar-refractivity contribution in [3.63, 3.8) is 0 Å². The normalized spacial score (nSPS) is 24.9. The molecule has 5 heteroatoms. The zero-order chi connectivity index (χ0) is 11.1. The number of urea groups is 1. The molecule has 1 rings (SSSR count). The van der Waals surface area contributed by atoms with Crippen LogP contribution in [0.3, 0.4) is 0 Å². The molecule has 1 atom stereocenters. The van der Waals surface area contributed by atoms with Gasteiger partial charge >= 0.3 is 6.03 Å². The number of rotatable bonds is 5. The average molecular weight is 230 g/mol. The molecule has 1 aliphatic heterocycles. The second-order valence-electron chi connectivity index (χ2n) is 3.54. The fourth-order valence-electron chi connectivity index (χ4n) is 1.43. The van der Waals surface area contributed by atoms with E-state index in [0.717, 1.165) is 17.9 Å². The van der Waals surface area contributed by atoms with Gasteiger partial charge in [0.15, 0.2) is 0 Å². The van der Waals surface area contributed by atoms with Gasteiger partial charge < -0.3 is 15.4 Å². The Hall–Kier alpha value is -0.680. The largest absolute Gasteiger partial charge is 0.376 e. The number of carbonyl (C=O) groups excluding carboxylic acids is 1. The van der Waals surface area contributed by atoms with Crippen LogP contribution in [-0.2, 0) is 4.74 Å². The summed E-state index contributed by atoms with van der Waals surface area (Å²) in [5.74, 6) is 2.05. The Morgan fingerprint density at radius 1 is 1.67 bits per heavy atom. The molecule has 86 valence electrons. The molecule has 0 saturated carbocycles. The third-order valence-corrected chi connectivity index (χ3v) is 3.70. The van der Waals surface area contributed by atoms with Crippen LogP contribution < -0.4 is 10.6 Å². The minimum atomic E-state index is -0.170. The van der Waals surface area contributed by atoms with Crippen LogP contribution in [0.25, 0.3) is 0 Å². The topological polar surface area (TPSA) is 50.4 Å². The first-order valence-electron chi connectivity index (χ1n) is 4.98. The molecule has 0 aromatic heterocycles. The highest BCUT2D eigenvalue weighted by molar-refractivity contribution is 7.99. The zero-order valence-electron chi connectivity index (χ0n) is 9.04. The summed E-state index contributed by atoms with van der Waals surface area (Å²) in [6.07, 6.45) is 2.65. The van der Waals surface area contributed by atoms with Crippen LogP contribution in [0.4, 0.5) is 4.79 Å². The Morgan fingerprint density at radius 2 is 2.47 bits per heavy atom. The Kier molecular flexibility index (Phi) is 4.98. The molecular formula is C10H18N2O2S. The molecule has 15 heavy (non-hydrogen) atoms. The van der Waals surface area contributed by atoms with Crippen molar-refractivity contribution < 1.29 is 9.53 Å². The summed E-state index contributed by atoms with van der Waals surface area (Å²) in [4.78, 5) is 11.3. The van der Waals surface area contributed by atoms with Crippen LogP contribution in [0.15, 0.2) is 12.7 Å². The van der Waals surface area contributed by atoms with Crippen molar-refractivity contribution in [3.8, 4) is 0 Å². The second-order valence-corrected chi connectivity index (χ2v) is 4.65.